The average Bonchev–Trinajstić information content (AvgIpc) is 3.00. The number of nitrogens with one attached hydrogen (secondary N) is 1. The number of benzene rings is 1. The van der Waals surface area contributed by atoms with Crippen LogP contribution in [0.3, 0.4) is 0 Å². The van der Waals surface area contributed by atoms with E-state index >= 15 is 0 Å². The molecule has 1 aliphatic carbocycles. The summed E-state index contributed by atoms with van der Waals surface area (Å²) in [6.45, 7) is 3.18. The normalized spacial score (nSPS) is 15.6. The molecule has 4 heteroatoms. The third-order valence-electron chi connectivity index (χ3n) is 3.23. The average molecular weight is 216 g/mol. The number of hydrogen-bond acceptors (Lipinski definition) is 3. The molecule has 1 fully saturated rings. The number of hydrogen-bond donors (Lipinski definition) is 2. The minimum Gasteiger partial charge on any atom is -0.397 e. The molecule has 2 aromatic rings. The zero-order valence-electron chi connectivity index (χ0n) is 9.40. The number of rotatable bonds is 3. The van der Waals surface area contributed by atoms with Crippen molar-refractivity contribution in [2.45, 2.75) is 25.8 Å². The van der Waals surface area contributed by atoms with Gasteiger partial charge in [0.15, 0.2) is 0 Å². The highest BCUT2D eigenvalue weighted by atomic mass is 15.2. The van der Waals surface area contributed by atoms with Gasteiger partial charge in [-0.25, -0.2) is 0 Å². The molecule has 0 bridgehead atoms. The second-order valence-electron chi connectivity index (χ2n) is 4.39. The molecule has 1 aromatic heterocycles. The molecule has 16 heavy (non-hydrogen) atoms. The van der Waals surface area contributed by atoms with Crippen molar-refractivity contribution in [1.82, 2.24) is 10.2 Å². The first-order valence-corrected chi connectivity index (χ1v) is 5.79. The molecule has 0 atom stereocenters. The zero-order valence-corrected chi connectivity index (χ0v) is 9.40. The molecule has 1 saturated carbocycles. The summed E-state index contributed by atoms with van der Waals surface area (Å²) in [6.07, 6.45) is 4.38. The number of fused-ring (bicyclic) bond motifs is 1. The lowest BCUT2D eigenvalue weighted by molar-refractivity contribution is 0.828. The summed E-state index contributed by atoms with van der Waals surface area (Å²) in [4.78, 5) is 2.38. The number of aromatic amines is 1. The van der Waals surface area contributed by atoms with E-state index in [1.54, 1.807) is 0 Å². The first-order valence-electron chi connectivity index (χ1n) is 5.79. The van der Waals surface area contributed by atoms with E-state index < -0.39 is 0 Å². The van der Waals surface area contributed by atoms with Gasteiger partial charge in [0, 0.05) is 18.0 Å². The van der Waals surface area contributed by atoms with Crippen molar-refractivity contribution in [1.29, 1.82) is 0 Å². The molecule has 1 heterocycles. The van der Waals surface area contributed by atoms with Gasteiger partial charge in [-0.15, -0.1) is 0 Å². The molecule has 3 rings (SSSR count). The van der Waals surface area contributed by atoms with Crippen molar-refractivity contribution < 1.29 is 0 Å². The van der Waals surface area contributed by atoms with Crippen LogP contribution < -0.4 is 10.6 Å². The Morgan fingerprint density at radius 2 is 2.31 bits per heavy atom. The third kappa shape index (κ3) is 1.41. The van der Waals surface area contributed by atoms with Gasteiger partial charge in [0.25, 0.3) is 0 Å². The van der Waals surface area contributed by atoms with E-state index in [4.69, 9.17) is 5.73 Å². The van der Waals surface area contributed by atoms with E-state index in [0.717, 1.165) is 28.8 Å². The van der Waals surface area contributed by atoms with Crippen LogP contribution in [0.2, 0.25) is 0 Å². The zero-order chi connectivity index (χ0) is 11.1. The molecule has 1 aliphatic rings. The lowest BCUT2D eigenvalue weighted by atomic mass is 10.2. The lowest BCUT2D eigenvalue weighted by Crippen LogP contribution is -2.25. The number of nitrogen functional groups attached to an aromatic ring is 1. The number of nitrogens with two attached hydrogens (primary N) is 1. The predicted molar refractivity (Wildman–Crippen MR) is 66.5 cm³/mol. The minimum atomic E-state index is 0.688. The van der Waals surface area contributed by atoms with Gasteiger partial charge in [0.05, 0.1) is 23.1 Å². The van der Waals surface area contributed by atoms with Gasteiger partial charge < -0.3 is 10.6 Å². The van der Waals surface area contributed by atoms with Crippen LogP contribution in [0.25, 0.3) is 10.9 Å². The van der Waals surface area contributed by atoms with Gasteiger partial charge in [-0.05, 0) is 31.9 Å². The lowest BCUT2D eigenvalue weighted by Gasteiger charge is -2.24. The van der Waals surface area contributed by atoms with Crippen molar-refractivity contribution >= 4 is 22.3 Å². The number of H-pyrrole nitrogens is 1. The summed E-state index contributed by atoms with van der Waals surface area (Å²) in [5.41, 5.74) is 9.15. The molecule has 4 nitrogen and oxygen atoms in total. The Morgan fingerprint density at radius 1 is 1.50 bits per heavy atom. The molecule has 1 aromatic carbocycles. The van der Waals surface area contributed by atoms with Gasteiger partial charge in [-0.2, -0.15) is 5.10 Å². The maximum absolute atomic E-state index is 6.10. The second-order valence-corrected chi connectivity index (χ2v) is 4.39. The Balaban J connectivity index is 2.09. The van der Waals surface area contributed by atoms with Crippen molar-refractivity contribution in [3.63, 3.8) is 0 Å². The van der Waals surface area contributed by atoms with Crippen LogP contribution in [0.4, 0.5) is 11.4 Å². The maximum atomic E-state index is 6.10. The first-order chi connectivity index (χ1) is 7.79. The summed E-state index contributed by atoms with van der Waals surface area (Å²) >= 11 is 0. The van der Waals surface area contributed by atoms with Gasteiger partial charge in [0.1, 0.15) is 0 Å². The topological polar surface area (TPSA) is 57.9 Å². The van der Waals surface area contributed by atoms with E-state index in [1.165, 1.54) is 12.8 Å². The summed E-state index contributed by atoms with van der Waals surface area (Å²) < 4.78 is 0. The molecule has 0 radical (unpaired) electrons. The highest BCUT2D eigenvalue weighted by Gasteiger charge is 2.29. The molecule has 0 unspecified atom stereocenters. The largest absolute Gasteiger partial charge is 0.397 e. The Hall–Kier alpha value is -1.71. The van der Waals surface area contributed by atoms with Gasteiger partial charge >= 0.3 is 0 Å². The molecule has 0 aliphatic heterocycles. The molecule has 0 saturated heterocycles. The SMILES string of the molecule is CCN(c1cc2[nH]ncc2cc1N)C1CC1. The van der Waals surface area contributed by atoms with Crippen molar-refractivity contribution in [3.8, 4) is 0 Å². The van der Waals surface area contributed by atoms with Crippen LogP contribution in [-0.2, 0) is 0 Å². The fraction of sp³-hybridized carbons (Fsp3) is 0.417. The molecular formula is C12H16N4. The molecule has 3 N–H and O–H groups in total. The molecular weight excluding hydrogens is 200 g/mol. The third-order valence-corrected chi connectivity index (χ3v) is 3.23. The fourth-order valence-electron chi connectivity index (χ4n) is 2.26. The van der Waals surface area contributed by atoms with Crippen molar-refractivity contribution in [3.05, 3.63) is 18.3 Å². The standard InChI is InChI=1S/C12H16N4/c1-2-16(9-3-4-9)12-6-11-8(5-10(12)13)7-14-15-11/h5-7,9H,2-4,13H2,1H3,(H,14,15). The summed E-state index contributed by atoms with van der Waals surface area (Å²) in [5.74, 6) is 0. The van der Waals surface area contributed by atoms with Gasteiger partial charge in [0.2, 0.25) is 0 Å². The Morgan fingerprint density at radius 3 is 3.00 bits per heavy atom. The van der Waals surface area contributed by atoms with Crippen LogP contribution in [0.1, 0.15) is 19.8 Å². The number of nitrogens with zero attached hydrogens (tertiary/aromatic N) is 2. The second kappa shape index (κ2) is 3.40. The van der Waals surface area contributed by atoms with Gasteiger partial charge in [-0.1, -0.05) is 0 Å². The monoisotopic (exact) mass is 216 g/mol. The van der Waals surface area contributed by atoms with E-state index in [2.05, 4.69) is 28.1 Å². The van der Waals surface area contributed by atoms with E-state index in [9.17, 15) is 0 Å². The maximum Gasteiger partial charge on any atom is 0.0672 e. The summed E-state index contributed by atoms with van der Waals surface area (Å²) in [7, 11) is 0. The first kappa shape index (κ1) is 9.51. The molecule has 84 valence electrons. The van der Waals surface area contributed by atoms with Crippen LogP contribution in [0.5, 0.6) is 0 Å². The van der Waals surface area contributed by atoms with Crippen LogP contribution in [0, 0.1) is 0 Å². The molecule has 0 amide bonds. The van der Waals surface area contributed by atoms with E-state index in [0.29, 0.717) is 6.04 Å². The van der Waals surface area contributed by atoms with Crippen LogP contribution in [-0.4, -0.2) is 22.8 Å². The number of aromatic nitrogens is 2. The van der Waals surface area contributed by atoms with Crippen LogP contribution >= 0.6 is 0 Å². The van der Waals surface area contributed by atoms with Crippen LogP contribution in [0.15, 0.2) is 18.3 Å². The van der Waals surface area contributed by atoms with E-state index in [-0.39, 0.29) is 0 Å². The highest BCUT2D eigenvalue weighted by Crippen LogP contribution is 2.36. The molecule has 0 spiro atoms. The Kier molecular flexibility index (Phi) is 2.02. The highest BCUT2D eigenvalue weighted by molar-refractivity contribution is 5.89. The van der Waals surface area contributed by atoms with E-state index in [1.807, 2.05) is 12.3 Å². The van der Waals surface area contributed by atoms with Gasteiger partial charge in [-0.3, -0.25) is 5.10 Å². The Labute approximate surface area is 94.4 Å². The Bertz CT molecular complexity index is 513. The van der Waals surface area contributed by atoms with Crippen molar-refractivity contribution in [2.75, 3.05) is 17.2 Å². The minimum absolute atomic E-state index is 0.688. The predicted octanol–water partition coefficient (Wildman–Crippen LogP) is 2.13. The van der Waals surface area contributed by atoms with Crippen molar-refractivity contribution in [2.24, 2.45) is 0 Å². The smallest absolute Gasteiger partial charge is 0.0672 e. The fourth-order valence-corrected chi connectivity index (χ4v) is 2.26. The number of anilines is 2. The summed E-state index contributed by atoms with van der Waals surface area (Å²) in [6, 6.07) is 4.80. The quantitative estimate of drug-likeness (QED) is 0.773. The summed E-state index contributed by atoms with van der Waals surface area (Å²) in [5, 5.41) is 8.10.